The molecule has 154 valence electrons. The summed E-state index contributed by atoms with van der Waals surface area (Å²) in [6.07, 6.45) is 0.0827. The maximum atomic E-state index is 13.2. The van der Waals surface area contributed by atoms with Crippen LogP contribution in [0.1, 0.15) is 21.7 Å². The maximum absolute atomic E-state index is 13.2. The van der Waals surface area contributed by atoms with E-state index in [-0.39, 0.29) is 11.6 Å². The number of aliphatic hydroxyl groups is 1. The second kappa shape index (κ2) is 7.35. The number of pyridine rings is 1. The lowest BCUT2D eigenvalue weighted by atomic mass is 10.0. The van der Waals surface area contributed by atoms with E-state index in [2.05, 4.69) is 27.0 Å². The van der Waals surface area contributed by atoms with Gasteiger partial charge in [0.15, 0.2) is 5.65 Å². The number of thiophene rings is 1. The van der Waals surface area contributed by atoms with Crippen molar-refractivity contribution in [2.75, 3.05) is 20.1 Å². The lowest BCUT2D eigenvalue weighted by Gasteiger charge is -2.17. The van der Waals surface area contributed by atoms with Crippen LogP contribution in [-0.4, -0.2) is 56.8 Å². The highest BCUT2D eigenvalue weighted by molar-refractivity contribution is 7.10. The smallest absolute Gasteiger partial charge is 0.348 e. The Morgan fingerprint density at radius 3 is 2.97 bits per heavy atom. The van der Waals surface area contributed by atoms with Crippen molar-refractivity contribution in [1.82, 2.24) is 24.8 Å². The molecule has 0 unspecified atom stereocenters. The first-order chi connectivity index (χ1) is 14.5. The fraction of sp³-hybridized carbons (Fsp3) is 0.286. The summed E-state index contributed by atoms with van der Waals surface area (Å²) in [4.78, 5) is 28.5. The predicted molar refractivity (Wildman–Crippen MR) is 116 cm³/mol. The van der Waals surface area contributed by atoms with Gasteiger partial charge >= 0.3 is 5.69 Å². The number of hydrogen-bond acceptors (Lipinski definition) is 6. The summed E-state index contributed by atoms with van der Waals surface area (Å²) >= 11 is 1.67. The Morgan fingerprint density at radius 1 is 1.33 bits per heavy atom. The Labute approximate surface area is 175 Å². The topological polar surface area (TPSA) is 103 Å². The molecule has 0 aliphatic carbocycles. The molecule has 0 saturated carbocycles. The fourth-order valence-electron chi connectivity index (χ4n) is 4.04. The van der Waals surface area contributed by atoms with Crippen LogP contribution >= 0.6 is 11.3 Å². The molecule has 0 radical (unpaired) electrons. The third-order valence-electron chi connectivity index (χ3n) is 5.52. The van der Waals surface area contributed by atoms with E-state index in [9.17, 15) is 14.7 Å². The van der Waals surface area contributed by atoms with Gasteiger partial charge in [0.2, 0.25) is 0 Å². The van der Waals surface area contributed by atoms with Crippen LogP contribution in [0.4, 0.5) is 0 Å². The highest BCUT2D eigenvalue weighted by Crippen LogP contribution is 2.30. The van der Waals surface area contributed by atoms with Gasteiger partial charge in [0.25, 0.3) is 5.91 Å². The number of aromatic nitrogens is 3. The molecule has 1 fully saturated rings. The van der Waals surface area contributed by atoms with E-state index in [0.29, 0.717) is 41.6 Å². The number of benzene rings is 1. The number of fused-ring (bicyclic) bond motifs is 3. The molecule has 1 saturated heterocycles. The van der Waals surface area contributed by atoms with E-state index in [4.69, 9.17) is 0 Å². The van der Waals surface area contributed by atoms with Crippen LogP contribution in [0.15, 0.2) is 40.5 Å². The van der Waals surface area contributed by atoms with E-state index >= 15 is 0 Å². The largest absolute Gasteiger partial charge is 0.391 e. The van der Waals surface area contributed by atoms with E-state index in [1.54, 1.807) is 22.3 Å². The Hall–Kier alpha value is -3.01. The number of nitrogens with one attached hydrogen (secondary N) is 2. The number of carbonyl (C=O) groups is 1. The zero-order valence-electron chi connectivity index (χ0n) is 16.4. The molecule has 5 rings (SSSR count). The first-order valence-electron chi connectivity index (χ1n) is 9.79. The average molecular weight is 423 g/mol. The van der Waals surface area contributed by atoms with Gasteiger partial charge < -0.3 is 15.3 Å². The number of β-amino-alcohol motifs (C(OH)–C–C–N with tert-alkyl or cyclic N) is 1. The number of aliphatic hydroxyl groups excluding tert-OH is 1. The van der Waals surface area contributed by atoms with Gasteiger partial charge in [-0.25, -0.2) is 14.3 Å². The summed E-state index contributed by atoms with van der Waals surface area (Å²) < 4.78 is 1.50. The Balaban J connectivity index is 1.68. The molecular formula is C21H21N5O3S. The monoisotopic (exact) mass is 423 g/mol. The molecule has 4 aromatic rings. The number of rotatable bonds is 4. The van der Waals surface area contributed by atoms with Crippen LogP contribution < -0.4 is 11.0 Å². The van der Waals surface area contributed by atoms with Gasteiger partial charge in [0.05, 0.1) is 17.2 Å². The molecule has 9 heteroatoms. The molecule has 1 aromatic carbocycles. The number of carbonyl (C=O) groups excluding carboxylic acids is 1. The van der Waals surface area contributed by atoms with Crippen molar-refractivity contribution in [2.24, 2.45) is 0 Å². The minimum Gasteiger partial charge on any atom is -0.391 e. The standard InChI is InChI=1S/C21H21N5O3S/c1-22-9-15-6-13(11-30-15)12-2-3-16-17(20(28)25-5-4-14(27)10-25)8-19-23-24-21(29)26(19)18(16)7-12/h2-3,6-8,11,14,22,27H,4-5,9-10H2,1H3,(H,24,29)/t14-/m1/s1. The second-order valence-electron chi connectivity index (χ2n) is 7.54. The minimum atomic E-state index is -0.492. The van der Waals surface area contributed by atoms with Gasteiger partial charge in [-0.15, -0.1) is 11.3 Å². The molecule has 0 bridgehead atoms. The zero-order chi connectivity index (χ0) is 20.8. The molecule has 1 aliphatic rings. The quantitative estimate of drug-likeness (QED) is 0.465. The molecule has 3 N–H and O–H groups in total. The number of amides is 1. The normalized spacial score (nSPS) is 16.7. The fourth-order valence-corrected chi connectivity index (χ4v) is 4.95. The Morgan fingerprint density at radius 2 is 2.20 bits per heavy atom. The summed E-state index contributed by atoms with van der Waals surface area (Å²) in [6, 6.07) is 9.56. The molecule has 1 aliphatic heterocycles. The highest BCUT2D eigenvalue weighted by Gasteiger charge is 2.27. The van der Waals surface area contributed by atoms with E-state index in [1.165, 1.54) is 9.28 Å². The van der Waals surface area contributed by atoms with E-state index in [0.717, 1.165) is 17.7 Å². The summed E-state index contributed by atoms with van der Waals surface area (Å²) in [5, 5.41) is 22.3. The van der Waals surface area contributed by atoms with Crippen molar-refractivity contribution in [3.05, 3.63) is 56.6 Å². The second-order valence-corrected chi connectivity index (χ2v) is 8.53. The van der Waals surface area contributed by atoms with Crippen LogP contribution in [0.5, 0.6) is 0 Å². The van der Waals surface area contributed by atoms with Crippen molar-refractivity contribution in [1.29, 1.82) is 0 Å². The van der Waals surface area contributed by atoms with Crippen LogP contribution in [0, 0.1) is 0 Å². The van der Waals surface area contributed by atoms with Crippen LogP contribution in [0.3, 0.4) is 0 Å². The van der Waals surface area contributed by atoms with Crippen LogP contribution in [-0.2, 0) is 6.54 Å². The lowest BCUT2D eigenvalue weighted by molar-refractivity contribution is 0.0767. The predicted octanol–water partition coefficient (Wildman–Crippen LogP) is 1.83. The lowest BCUT2D eigenvalue weighted by Crippen LogP contribution is -2.30. The van der Waals surface area contributed by atoms with Crippen molar-refractivity contribution >= 4 is 33.8 Å². The highest BCUT2D eigenvalue weighted by atomic mass is 32.1. The number of aromatic amines is 1. The summed E-state index contributed by atoms with van der Waals surface area (Å²) in [7, 11) is 1.91. The number of hydrogen-bond donors (Lipinski definition) is 3. The summed E-state index contributed by atoms with van der Waals surface area (Å²) in [5.41, 5.74) is 3.21. The third kappa shape index (κ3) is 3.11. The molecule has 4 heterocycles. The Kier molecular flexibility index (Phi) is 4.65. The van der Waals surface area contributed by atoms with Crippen molar-refractivity contribution in [2.45, 2.75) is 19.1 Å². The van der Waals surface area contributed by atoms with Gasteiger partial charge in [-0.3, -0.25) is 4.79 Å². The van der Waals surface area contributed by atoms with E-state index in [1.807, 2.05) is 25.2 Å². The third-order valence-corrected chi connectivity index (χ3v) is 6.46. The van der Waals surface area contributed by atoms with Gasteiger partial charge in [0.1, 0.15) is 0 Å². The molecule has 0 spiro atoms. The number of nitrogens with zero attached hydrogens (tertiary/aromatic N) is 3. The van der Waals surface area contributed by atoms with Crippen LogP contribution in [0.25, 0.3) is 27.7 Å². The average Bonchev–Trinajstić information content (AvgIpc) is 3.47. The van der Waals surface area contributed by atoms with Crippen molar-refractivity contribution in [3.63, 3.8) is 0 Å². The minimum absolute atomic E-state index is 0.158. The molecule has 30 heavy (non-hydrogen) atoms. The number of H-pyrrole nitrogens is 1. The van der Waals surface area contributed by atoms with Crippen molar-refractivity contribution in [3.8, 4) is 11.1 Å². The maximum Gasteiger partial charge on any atom is 0.348 e. The molecule has 8 nitrogen and oxygen atoms in total. The van der Waals surface area contributed by atoms with Crippen molar-refractivity contribution < 1.29 is 9.90 Å². The molecule has 1 atom stereocenters. The zero-order valence-corrected chi connectivity index (χ0v) is 17.2. The SMILES string of the molecule is CNCc1cc(-c2ccc3c(C(=O)N4CC[C@@H](O)C4)cc4n[nH]c(=O)n4c3c2)cs1. The Bertz CT molecular complexity index is 1320. The molecule has 3 aromatic heterocycles. The first kappa shape index (κ1) is 19.0. The van der Waals surface area contributed by atoms with E-state index < -0.39 is 6.10 Å². The molecule has 1 amide bonds. The van der Waals surface area contributed by atoms with Gasteiger partial charge in [-0.1, -0.05) is 12.1 Å². The number of likely N-dealkylation sites (tertiary alicyclic amines) is 1. The summed E-state index contributed by atoms with van der Waals surface area (Å²) in [6.45, 7) is 1.63. The van der Waals surface area contributed by atoms with Gasteiger partial charge in [0, 0.05) is 29.9 Å². The first-order valence-corrected chi connectivity index (χ1v) is 10.7. The van der Waals surface area contributed by atoms with Gasteiger partial charge in [-0.05, 0) is 48.2 Å². The van der Waals surface area contributed by atoms with Crippen LogP contribution in [0.2, 0.25) is 0 Å². The summed E-state index contributed by atoms with van der Waals surface area (Å²) in [5.74, 6) is -0.158. The molecular weight excluding hydrogens is 402 g/mol. The van der Waals surface area contributed by atoms with Gasteiger partial charge in [-0.2, -0.15) is 5.10 Å².